The summed E-state index contributed by atoms with van der Waals surface area (Å²) in [5, 5.41) is 6.94. The lowest BCUT2D eigenvalue weighted by molar-refractivity contribution is 0.0952. The van der Waals surface area contributed by atoms with E-state index in [2.05, 4.69) is 17.3 Å². The van der Waals surface area contributed by atoms with Crippen molar-refractivity contribution < 1.29 is 4.79 Å². The predicted molar refractivity (Wildman–Crippen MR) is 64.8 cm³/mol. The molecule has 16 heavy (non-hydrogen) atoms. The highest BCUT2D eigenvalue weighted by Crippen LogP contribution is 2.06. The van der Waals surface area contributed by atoms with Gasteiger partial charge in [-0.25, -0.2) is 0 Å². The number of carbonyl (C=O) groups excluding carboxylic acids is 1. The fourth-order valence-corrected chi connectivity index (χ4v) is 1.83. The number of rotatable bonds is 5. The van der Waals surface area contributed by atoms with Crippen molar-refractivity contribution in [3.8, 4) is 0 Å². The summed E-state index contributed by atoms with van der Waals surface area (Å²) in [5.41, 5.74) is 1.35. The number of carbonyl (C=O) groups is 1. The quantitative estimate of drug-likeness (QED) is 0.803. The zero-order valence-electron chi connectivity index (χ0n) is 9.96. The lowest BCUT2D eigenvalue weighted by Crippen LogP contribution is -2.29. The number of amides is 1. The van der Waals surface area contributed by atoms with Gasteiger partial charge in [-0.2, -0.15) is 5.10 Å². The Bertz CT molecular complexity index is 362. The number of alkyl halides is 1. The van der Waals surface area contributed by atoms with Crippen LogP contribution in [0.5, 0.6) is 0 Å². The average Bonchev–Trinajstić information content (AvgIpc) is 2.55. The third kappa shape index (κ3) is 3.52. The standard InChI is InChI=1S/C11H18ClN3O/c1-4-5-9(12)6-13-11(16)10-7-15(3)14-8(10)2/h7,9H,4-6H2,1-3H3,(H,13,16). The van der Waals surface area contributed by atoms with Gasteiger partial charge in [0.2, 0.25) is 0 Å². The molecule has 90 valence electrons. The second-order valence-corrected chi connectivity index (χ2v) is 4.52. The van der Waals surface area contributed by atoms with Gasteiger partial charge in [-0.15, -0.1) is 11.6 Å². The van der Waals surface area contributed by atoms with Crippen molar-refractivity contribution in [3.05, 3.63) is 17.5 Å². The second kappa shape index (κ2) is 5.89. The summed E-state index contributed by atoms with van der Waals surface area (Å²) < 4.78 is 1.63. The summed E-state index contributed by atoms with van der Waals surface area (Å²) in [6.45, 7) is 4.39. The molecular weight excluding hydrogens is 226 g/mol. The van der Waals surface area contributed by atoms with Gasteiger partial charge in [-0.1, -0.05) is 13.3 Å². The van der Waals surface area contributed by atoms with Crippen LogP contribution in [0, 0.1) is 6.92 Å². The minimum Gasteiger partial charge on any atom is -0.350 e. The first-order valence-electron chi connectivity index (χ1n) is 5.47. The fourth-order valence-electron chi connectivity index (χ4n) is 1.54. The molecule has 0 spiro atoms. The Morgan fingerprint density at radius 3 is 2.88 bits per heavy atom. The lowest BCUT2D eigenvalue weighted by atomic mass is 10.2. The van der Waals surface area contributed by atoms with Crippen molar-refractivity contribution in [1.82, 2.24) is 15.1 Å². The van der Waals surface area contributed by atoms with E-state index in [1.54, 1.807) is 17.9 Å². The molecule has 1 amide bonds. The van der Waals surface area contributed by atoms with E-state index in [0.717, 1.165) is 18.5 Å². The molecule has 1 heterocycles. The molecule has 0 saturated heterocycles. The lowest BCUT2D eigenvalue weighted by Gasteiger charge is -2.08. The number of aromatic nitrogens is 2. The number of hydrogen-bond acceptors (Lipinski definition) is 2. The van der Waals surface area contributed by atoms with Crippen molar-refractivity contribution in [2.75, 3.05) is 6.54 Å². The summed E-state index contributed by atoms with van der Waals surface area (Å²) in [5.74, 6) is -0.104. The highest BCUT2D eigenvalue weighted by Gasteiger charge is 2.13. The first-order valence-corrected chi connectivity index (χ1v) is 5.90. The number of halogens is 1. The molecule has 0 aliphatic rings. The highest BCUT2D eigenvalue weighted by atomic mass is 35.5. The molecule has 0 bridgehead atoms. The zero-order chi connectivity index (χ0) is 12.1. The van der Waals surface area contributed by atoms with Crippen LogP contribution in [0.2, 0.25) is 0 Å². The molecule has 0 aliphatic heterocycles. The fraction of sp³-hybridized carbons (Fsp3) is 0.636. The van der Waals surface area contributed by atoms with E-state index in [1.807, 2.05) is 6.92 Å². The van der Waals surface area contributed by atoms with Crippen LogP contribution in [0.3, 0.4) is 0 Å². The Morgan fingerprint density at radius 1 is 1.69 bits per heavy atom. The smallest absolute Gasteiger partial charge is 0.254 e. The van der Waals surface area contributed by atoms with Gasteiger partial charge in [0.15, 0.2) is 0 Å². The van der Waals surface area contributed by atoms with Crippen LogP contribution < -0.4 is 5.32 Å². The molecule has 1 N–H and O–H groups in total. The number of nitrogens with one attached hydrogen (secondary N) is 1. The summed E-state index contributed by atoms with van der Waals surface area (Å²) in [6, 6.07) is 0. The van der Waals surface area contributed by atoms with Gasteiger partial charge in [0.1, 0.15) is 0 Å². The summed E-state index contributed by atoms with van der Waals surface area (Å²) in [6.07, 6.45) is 3.65. The summed E-state index contributed by atoms with van der Waals surface area (Å²) in [4.78, 5) is 11.8. The molecule has 1 atom stereocenters. The average molecular weight is 244 g/mol. The van der Waals surface area contributed by atoms with Gasteiger partial charge in [0, 0.05) is 19.8 Å². The van der Waals surface area contributed by atoms with Crippen molar-refractivity contribution in [2.45, 2.75) is 32.1 Å². The van der Waals surface area contributed by atoms with Crippen molar-refractivity contribution in [1.29, 1.82) is 0 Å². The van der Waals surface area contributed by atoms with Crippen LogP contribution in [0.15, 0.2) is 6.20 Å². The van der Waals surface area contributed by atoms with Gasteiger partial charge in [0.25, 0.3) is 5.91 Å². The van der Waals surface area contributed by atoms with Crippen LogP contribution >= 0.6 is 11.6 Å². The van der Waals surface area contributed by atoms with Crippen LogP contribution in [0.25, 0.3) is 0 Å². The molecule has 0 fully saturated rings. The van der Waals surface area contributed by atoms with E-state index >= 15 is 0 Å². The Kier molecular flexibility index (Phi) is 4.80. The third-order valence-corrected chi connectivity index (χ3v) is 2.72. The van der Waals surface area contributed by atoms with E-state index in [1.165, 1.54) is 0 Å². The van der Waals surface area contributed by atoms with Crippen molar-refractivity contribution in [3.63, 3.8) is 0 Å². The molecule has 1 aromatic rings. The van der Waals surface area contributed by atoms with Gasteiger partial charge < -0.3 is 5.32 Å². The minimum absolute atomic E-state index is 0.00549. The normalized spacial score (nSPS) is 12.5. The van der Waals surface area contributed by atoms with Crippen LogP contribution in [0.4, 0.5) is 0 Å². The van der Waals surface area contributed by atoms with Crippen molar-refractivity contribution >= 4 is 17.5 Å². The number of nitrogens with zero attached hydrogens (tertiary/aromatic N) is 2. The van der Waals surface area contributed by atoms with E-state index < -0.39 is 0 Å². The maximum Gasteiger partial charge on any atom is 0.254 e. The molecule has 0 saturated carbocycles. The molecule has 0 aliphatic carbocycles. The van der Waals surface area contributed by atoms with Crippen LogP contribution in [0.1, 0.15) is 35.8 Å². The van der Waals surface area contributed by atoms with E-state index in [-0.39, 0.29) is 11.3 Å². The molecular formula is C11H18ClN3O. The molecule has 5 heteroatoms. The molecule has 0 radical (unpaired) electrons. The molecule has 0 aromatic carbocycles. The van der Waals surface area contributed by atoms with Crippen LogP contribution in [-0.2, 0) is 7.05 Å². The maximum atomic E-state index is 11.8. The van der Waals surface area contributed by atoms with Gasteiger partial charge in [0.05, 0.1) is 16.6 Å². The largest absolute Gasteiger partial charge is 0.350 e. The monoisotopic (exact) mass is 243 g/mol. The summed E-state index contributed by atoms with van der Waals surface area (Å²) >= 11 is 6.02. The second-order valence-electron chi connectivity index (χ2n) is 3.90. The van der Waals surface area contributed by atoms with Gasteiger partial charge >= 0.3 is 0 Å². The SMILES string of the molecule is CCCC(Cl)CNC(=O)c1cn(C)nc1C. The number of hydrogen-bond donors (Lipinski definition) is 1. The first kappa shape index (κ1) is 13.0. The van der Waals surface area contributed by atoms with Crippen LogP contribution in [-0.4, -0.2) is 27.6 Å². The third-order valence-electron chi connectivity index (χ3n) is 2.34. The van der Waals surface area contributed by atoms with Crippen molar-refractivity contribution in [2.24, 2.45) is 7.05 Å². The molecule has 1 aromatic heterocycles. The van der Waals surface area contributed by atoms with E-state index in [0.29, 0.717) is 12.1 Å². The van der Waals surface area contributed by atoms with Gasteiger partial charge in [-0.05, 0) is 13.3 Å². The minimum atomic E-state index is -0.104. The predicted octanol–water partition coefficient (Wildman–Crippen LogP) is 1.87. The molecule has 4 nitrogen and oxygen atoms in total. The first-order chi connectivity index (χ1) is 7.54. The Balaban J connectivity index is 2.50. The summed E-state index contributed by atoms with van der Waals surface area (Å²) in [7, 11) is 1.80. The Hall–Kier alpha value is -1.03. The van der Waals surface area contributed by atoms with Gasteiger partial charge in [-0.3, -0.25) is 9.48 Å². The number of aryl methyl sites for hydroxylation is 2. The van der Waals surface area contributed by atoms with E-state index in [4.69, 9.17) is 11.6 Å². The maximum absolute atomic E-state index is 11.8. The Labute approximate surface area is 101 Å². The van der Waals surface area contributed by atoms with E-state index in [9.17, 15) is 4.79 Å². The topological polar surface area (TPSA) is 46.9 Å². The zero-order valence-corrected chi connectivity index (χ0v) is 10.7. The molecule has 1 unspecified atom stereocenters. The Morgan fingerprint density at radius 2 is 2.38 bits per heavy atom. The molecule has 1 rings (SSSR count). The highest BCUT2D eigenvalue weighted by molar-refractivity contribution is 6.20.